The molecule has 0 bridgehead atoms. The Morgan fingerprint density at radius 3 is 2.08 bits per heavy atom. The second-order valence-corrected chi connectivity index (χ2v) is 2.20. The largest absolute Gasteiger partial charge is 0.396 e. The van der Waals surface area contributed by atoms with E-state index in [2.05, 4.69) is 6.58 Å². The Kier molecular flexibility index (Phi) is 5.27. The summed E-state index contributed by atoms with van der Waals surface area (Å²) >= 11 is 0. The minimum atomic E-state index is -0.556. The van der Waals surface area contributed by atoms with Crippen molar-refractivity contribution in [1.29, 1.82) is 0 Å². The lowest BCUT2D eigenvalue weighted by molar-refractivity contribution is -0.135. The quantitative estimate of drug-likeness (QED) is 0.356. The van der Waals surface area contributed by atoms with Crippen LogP contribution in [0.1, 0.15) is 6.42 Å². The minimum absolute atomic E-state index is 0.148. The van der Waals surface area contributed by atoms with Crippen LogP contribution in [-0.4, -0.2) is 46.2 Å². The maximum atomic E-state index is 11.1. The third-order valence-electron chi connectivity index (χ3n) is 1.34. The summed E-state index contributed by atoms with van der Waals surface area (Å²) in [6, 6.07) is 0. The molecule has 0 radical (unpaired) electrons. The molecule has 3 N–H and O–H groups in total. The molecule has 0 spiro atoms. The zero-order valence-electron chi connectivity index (χ0n) is 6.73. The lowest BCUT2D eigenvalue weighted by Gasteiger charge is -2.17. The molecule has 0 saturated carbocycles. The molecule has 0 aromatic carbocycles. The molecule has 0 atom stereocenters. The van der Waals surface area contributed by atoms with E-state index >= 15 is 0 Å². The van der Waals surface area contributed by atoms with Crippen molar-refractivity contribution in [3.05, 3.63) is 12.2 Å². The summed E-state index contributed by atoms with van der Waals surface area (Å²) in [6.45, 7) is 2.10. The first-order chi connectivity index (χ1) is 5.67. The van der Waals surface area contributed by atoms with Gasteiger partial charge in [0.2, 0.25) is 0 Å². The number of aliphatic hydroxyl groups excluding tert-OH is 3. The molecule has 5 nitrogen and oxygen atoms in total. The predicted octanol–water partition coefficient (Wildman–Crippen LogP) is -1.35. The normalized spacial score (nSPS) is 9.58. The van der Waals surface area contributed by atoms with Gasteiger partial charge >= 0.3 is 0 Å². The van der Waals surface area contributed by atoms with Crippen LogP contribution in [0.4, 0.5) is 0 Å². The molecule has 0 heterocycles. The van der Waals surface area contributed by atoms with Crippen molar-refractivity contribution < 1.29 is 20.1 Å². The van der Waals surface area contributed by atoms with Gasteiger partial charge in [-0.05, 0) is 0 Å². The molecule has 0 aromatic heterocycles. The van der Waals surface area contributed by atoms with Gasteiger partial charge in [-0.15, -0.1) is 0 Å². The van der Waals surface area contributed by atoms with Crippen LogP contribution in [0.3, 0.4) is 0 Å². The summed E-state index contributed by atoms with van der Waals surface area (Å²) in [7, 11) is 0. The third kappa shape index (κ3) is 3.00. The molecule has 0 saturated heterocycles. The topological polar surface area (TPSA) is 81.0 Å². The summed E-state index contributed by atoms with van der Waals surface area (Å²) in [5.41, 5.74) is 0.167. The number of amides is 1. The molecule has 5 heteroatoms. The van der Waals surface area contributed by atoms with Crippen molar-refractivity contribution in [2.45, 2.75) is 6.42 Å². The molecule has 0 aliphatic carbocycles. The first-order valence-corrected chi connectivity index (χ1v) is 3.47. The van der Waals surface area contributed by atoms with Crippen LogP contribution in [0.15, 0.2) is 12.2 Å². The van der Waals surface area contributed by atoms with Crippen molar-refractivity contribution in [3.8, 4) is 0 Å². The Morgan fingerprint density at radius 1 is 1.25 bits per heavy atom. The molecule has 0 fully saturated rings. The Balaban J connectivity index is 4.07. The maximum absolute atomic E-state index is 11.1. The molecule has 0 aliphatic rings. The molecular formula is C7H13NO4. The highest BCUT2D eigenvalue weighted by atomic mass is 16.3. The van der Waals surface area contributed by atoms with Gasteiger partial charge in [0.1, 0.15) is 13.5 Å². The summed E-state index contributed by atoms with van der Waals surface area (Å²) in [5, 5.41) is 25.6. The molecule has 1 amide bonds. The zero-order valence-corrected chi connectivity index (χ0v) is 6.73. The summed E-state index contributed by atoms with van der Waals surface area (Å²) < 4.78 is 0. The average molecular weight is 175 g/mol. The van der Waals surface area contributed by atoms with Crippen LogP contribution in [-0.2, 0) is 4.79 Å². The van der Waals surface area contributed by atoms with Gasteiger partial charge in [-0.2, -0.15) is 0 Å². The van der Waals surface area contributed by atoms with Gasteiger partial charge in [0.25, 0.3) is 5.91 Å². The van der Waals surface area contributed by atoms with Crippen molar-refractivity contribution in [1.82, 2.24) is 4.90 Å². The molecule has 0 unspecified atom stereocenters. The highest BCUT2D eigenvalue weighted by molar-refractivity contribution is 5.92. The van der Waals surface area contributed by atoms with Crippen molar-refractivity contribution >= 4 is 5.91 Å². The fraction of sp³-hybridized carbons (Fsp3) is 0.571. The Bertz CT molecular complexity index is 165. The predicted molar refractivity (Wildman–Crippen MR) is 41.9 cm³/mol. The SMILES string of the molecule is C=C(CCO)C(=O)N(CO)CO. The van der Waals surface area contributed by atoms with Crippen LogP contribution >= 0.6 is 0 Å². The second-order valence-electron chi connectivity index (χ2n) is 2.20. The van der Waals surface area contributed by atoms with E-state index in [1.54, 1.807) is 0 Å². The maximum Gasteiger partial charge on any atom is 0.252 e. The first-order valence-electron chi connectivity index (χ1n) is 3.47. The monoisotopic (exact) mass is 175 g/mol. The Morgan fingerprint density at radius 2 is 1.75 bits per heavy atom. The van der Waals surface area contributed by atoms with Gasteiger partial charge in [-0.1, -0.05) is 6.58 Å². The summed E-state index contributed by atoms with van der Waals surface area (Å²) in [4.78, 5) is 11.9. The van der Waals surface area contributed by atoms with Gasteiger partial charge < -0.3 is 15.3 Å². The van der Waals surface area contributed by atoms with Gasteiger partial charge in [0, 0.05) is 18.6 Å². The number of aliphatic hydroxyl groups is 3. The van der Waals surface area contributed by atoms with Crippen molar-refractivity contribution in [2.75, 3.05) is 20.1 Å². The molecule has 12 heavy (non-hydrogen) atoms. The molecule has 0 aliphatic heterocycles. The zero-order chi connectivity index (χ0) is 9.56. The number of nitrogens with zero attached hydrogens (tertiary/aromatic N) is 1. The van der Waals surface area contributed by atoms with Gasteiger partial charge in [-0.25, -0.2) is 0 Å². The van der Waals surface area contributed by atoms with Crippen LogP contribution in [0.2, 0.25) is 0 Å². The van der Waals surface area contributed by atoms with E-state index in [1.165, 1.54) is 0 Å². The molecule has 0 rings (SSSR count). The van der Waals surface area contributed by atoms with Crippen molar-refractivity contribution in [3.63, 3.8) is 0 Å². The van der Waals surface area contributed by atoms with E-state index in [4.69, 9.17) is 15.3 Å². The smallest absolute Gasteiger partial charge is 0.252 e. The van der Waals surface area contributed by atoms with Gasteiger partial charge in [-0.3, -0.25) is 9.69 Å². The Labute approximate surface area is 70.5 Å². The van der Waals surface area contributed by atoms with Gasteiger partial charge in [0.15, 0.2) is 0 Å². The van der Waals surface area contributed by atoms with E-state index in [1.807, 2.05) is 0 Å². The highest BCUT2D eigenvalue weighted by Crippen LogP contribution is 2.02. The number of hydrogen-bond acceptors (Lipinski definition) is 4. The van der Waals surface area contributed by atoms with Crippen LogP contribution in [0.25, 0.3) is 0 Å². The third-order valence-corrected chi connectivity index (χ3v) is 1.34. The van der Waals surface area contributed by atoms with Crippen LogP contribution in [0.5, 0.6) is 0 Å². The Hall–Kier alpha value is -0.910. The van der Waals surface area contributed by atoms with Crippen molar-refractivity contribution in [2.24, 2.45) is 0 Å². The lowest BCUT2D eigenvalue weighted by Crippen LogP contribution is -2.33. The number of carbonyl (C=O) groups excluding carboxylic acids is 1. The highest BCUT2D eigenvalue weighted by Gasteiger charge is 2.13. The number of hydrogen-bond donors (Lipinski definition) is 3. The number of carbonyl (C=O) groups is 1. The average Bonchev–Trinajstić information content (AvgIpc) is 2.07. The number of rotatable bonds is 5. The first kappa shape index (κ1) is 11.1. The fourth-order valence-corrected chi connectivity index (χ4v) is 0.639. The summed E-state index contributed by atoms with van der Waals surface area (Å²) in [5.74, 6) is -0.547. The molecule has 70 valence electrons. The minimum Gasteiger partial charge on any atom is -0.396 e. The lowest BCUT2D eigenvalue weighted by atomic mass is 10.2. The van der Waals surface area contributed by atoms with Gasteiger partial charge in [0.05, 0.1) is 0 Å². The standard InChI is InChI=1S/C7H13NO4/c1-6(2-3-9)7(12)8(4-10)5-11/h9-11H,1-5H2. The van der Waals surface area contributed by atoms with E-state index in [-0.39, 0.29) is 18.6 Å². The fourth-order valence-electron chi connectivity index (χ4n) is 0.639. The van der Waals surface area contributed by atoms with E-state index in [0.29, 0.717) is 0 Å². The van der Waals surface area contributed by atoms with E-state index < -0.39 is 19.4 Å². The molecule has 0 aromatic rings. The summed E-state index contributed by atoms with van der Waals surface area (Å²) in [6.07, 6.45) is 0.148. The van der Waals surface area contributed by atoms with Crippen LogP contribution < -0.4 is 0 Å². The second kappa shape index (κ2) is 5.70. The molecular weight excluding hydrogens is 162 g/mol. The van der Waals surface area contributed by atoms with Crippen LogP contribution in [0, 0.1) is 0 Å². The van der Waals surface area contributed by atoms with E-state index in [0.717, 1.165) is 4.90 Å². The van der Waals surface area contributed by atoms with E-state index in [9.17, 15) is 4.79 Å².